The van der Waals surface area contributed by atoms with Gasteiger partial charge in [0.15, 0.2) is 0 Å². The third-order valence-electron chi connectivity index (χ3n) is 2.11. The van der Waals surface area contributed by atoms with E-state index in [1.54, 1.807) is 11.3 Å². The molecule has 1 aromatic carbocycles. The SMILES string of the molecule is OC(c1ccsc1)c1cc(Br)ccc1Br. The second-order valence-electron chi connectivity index (χ2n) is 3.13. The molecule has 0 bridgehead atoms. The van der Waals surface area contributed by atoms with E-state index in [4.69, 9.17) is 0 Å². The van der Waals surface area contributed by atoms with Gasteiger partial charge in [-0.15, -0.1) is 0 Å². The smallest absolute Gasteiger partial charge is 0.106 e. The summed E-state index contributed by atoms with van der Waals surface area (Å²) in [5.74, 6) is 0. The first kappa shape index (κ1) is 11.3. The largest absolute Gasteiger partial charge is 0.384 e. The summed E-state index contributed by atoms with van der Waals surface area (Å²) >= 11 is 8.42. The number of halogens is 2. The number of hydrogen-bond acceptors (Lipinski definition) is 2. The predicted molar refractivity (Wildman–Crippen MR) is 70.2 cm³/mol. The van der Waals surface area contributed by atoms with Crippen molar-refractivity contribution in [3.8, 4) is 0 Å². The van der Waals surface area contributed by atoms with Gasteiger partial charge in [0.1, 0.15) is 6.10 Å². The molecule has 2 rings (SSSR count). The second kappa shape index (κ2) is 4.78. The lowest BCUT2D eigenvalue weighted by Gasteiger charge is -2.11. The van der Waals surface area contributed by atoms with Crippen LogP contribution in [0.25, 0.3) is 0 Å². The molecule has 0 aliphatic carbocycles. The van der Waals surface area contributed by atoms with Crippen LogP contribution in [-0.2, 0) is 0 Å². The van der Waals surface area contributed by atoms with E-state index >= 15 is 0 Å². The van der Waals surface area contributed by atoms with E-state index in [0.717, 1.165) is 20.1 Å². The maximum absolute atomic E-state index is 10.1. The Balaban J connectivity index is 2.41. The summed E-state index contributed by atoms with van der Waals surface area (Å²) in [6, 6.07) is 7.72. The molecule has 1 nitrogen and oxygen atoms in total. The zero-order chi connectivity index (χ0) is 10.8. The quantitative estimate of drug-likeness (QED) is 0.855. The minimum atomic E-state index is -0.567. The minimum absolute atomic E-state index is 0.567. The molecular weight excluding hydrogens is 340 g/mol. The number of aliphatic hydroxyl groups excluding tert-OH is 1. The van der Waals surface area contributed by atoms with Gasteiger partial charge >= 0.3 is 0 Å². The van der Waals surface area contributed by atoms with Crippen LogP contribution in [0, 0.1) is 0 Å². The highest BCUT2D eigenvalue weighted by Gasteiger charge is 2.14. The molecule has 1 heterocycles. The van der Waals surface area contributed by atoms with E-state index in [9.17, 15) is 5.11 Å². The van der Waals surface area contributed by atoms with E-state index < -0.39 is 6.10 Å². The number of hydrogen-bond donors (Lipinski definition) is 1. The fourth-order valence-corrected chi connectivity index (χ4v) is 2.86. The highest BCUT2D eigenvalue weighted by atomic mass is 79.9. The Morgan fingerprint density at radius 2 is 2.00 bits per heavy atom. The monoisotopic (exact) mass is 346 g/mol. The fourth-order valence-electron chi connectivity index (χ4n) is 1.33. The topological polar surface area (TPSA) is 20.2 Å². The average molecular weight is 348 g/mol. The fraction of sp³-hybridized carbons (Fsp3) is 0.0909. The molecule has 0 saturated carbocycles. The van der Waals surface area contributed by atoms with Crippen LogP contribution < -0.4 is 0 Å². The predicted octanol–water partition coefficient (Wildman–Crippen LogP) is 4.35. The van der Waals surface area contributed by atoms with Crippen molar-refractivity contribution in [2.75, 3.05) is 0 Å². The maximum Gasteiger partial charge on any atom is 0.106 e. The number of rotatable bonds is 2. The Hall–Kier alpha value is -0.160. The van der Waals surface area contributed by atoms with Crippen molar-refractivity contribution in [1.82, 2.24) is 0 Å². The van der Waals surface area contributed by atoms with Crippen LogP contribution in [-0.4, -0.2) is 5.11 Å². The van der Waals surface area contributed by atoms with Crippen LogP contribution in [0.15, 0.2) is 44.0 Å². The minimum Gasteiger partial charge on any atom is -0.384 e. The lowest BCUT2D eigenvalue weighted by atomic mass is 10.0. The molecule has 0 spiro atoms. The van der Waals surface area contributed by atoms with Crippen molar-refractivity contribution in [3.05, 3.63) is 55.1 Å². The Bertz CT molecular complexity index is 454. The van der Waals surface area contributed by atoms with Crippen LogP contribution >= 0.6 is 43.2 Å². The van der Waals surface area contributed by atoms with E-state index in [2.05, 4.69) is 31.9 Å². The van der Waals surface area contributed by atoms with Crippen molar-refractivity contribution in [2.45, 2.75) is 6.10 Å². The summed E-state index contributed by atoms with van der Waals surface area (Å²) in [6.07, 6.45) is -0.567. The summed E-state index contributed by atoms with van der Waals surface area (Å²) in [7, 11) is 0. The number of thiophene rings is 1. The summed E-state index contributed by atoms with van der Waals surface area (Å²) in [6.45, 7) is 0. The van der Waals surface area contributed by atoms with Crippen molar-refractivity contribution < 1.29 is 5.11 Å². The first-order valence-corrected chi connectivity index (χ1v) is 6.86. The Kier molecular flexibility index (Phi) is 3.61. The summed E-state index contributed by atoms with van der Waals surface area (Å²) in [4.78, 5) is 0. The third kappa shape index (κ3) is 2.50. The van der Waals surface area contributed by atoms with Crippen LogP contribution in [0.4, 0.5) is 0 Å². The molecule has 0 radical (unpaired) electrons. The maximum atomic E-state index is 10.1. The molecule has 1 unspecified atom stereocenters. The van der Waals surface area contributed by atoms with Crippen LogP contribution in [0.5, 0.6) is 0 Å². The van der Waals surface area contributed by atoms with Gasteiger partial charge in [-0.2, -0.15) is 11.3 Å². The van der Waals surface area contributed by atoms with Crippen molar-refractivity contribution >= 4 is 43.2 Å². The molecule has 0 amide bonds. The molecule has 1 atom stereocenters. The van der Waals surface area contributed by atoms with Gasteiger partial charge in [-0.05, 0) is 40.6 Å². The Morgan fingerprint density at radius 3 is 2.67 bits per heavy atom. The molecule has 4 heteroatoms. The number of aliphatic hydroxyl groups is 1. The molecule has 0 aliphatic rings. The van der Waals surface area contributed by atoms with Gasteiger partial charge in [-0.3, -0.25) is 0 Å². The zero-order valence-electron chi connectivity index (χ0n) is 7.65. The summed E-state index contributed by atoms with van der Waals surface area (Å²) in [5.41, 5.74) is 1.81. The van der Waals surface area contributed by atoms with E-state index in [1.165, 1.54) is 0 Å². The molecular formula is C11H8Br2OS. The molecule has 1 N–H and O–H groups in total. The van der Waals surface area contributed by atoms with Crippen LogP contribution in [0.2, 0.25) is 0 Å². The normalized spacial score (nSPS) is 12.7. The van der Waals surface area contributed by atoms with Crippen molar-refractivity contribution in [1.29, 1.82) is 0 Å². The molecule has 0 saturated heterocycles. The van der Waals surface area contributed by atoms with E-state index in [1.807, 2.05) is 35.0 Å². The van der Waals surface area contributed by atoms with Gasteiger partial charge in [0.2, 0.25) is 0 Å². The van der Waals surface area contributed by atoms with Crippen LogP contribution in [0.3, 0.4) is 0 Å². The lowest BCUT2D eigenvalue weighted by molar-refractivity contribution is 0.220. The highest BCUT2D eigenvalue weighted by Crippen LogP contribution is 2.31. The average Bonchev–Trinajstić information content (AvgIpc) is 2.74. The Morgan fingerprint density at radius 1 is 1.20 bits per heavy atom. The third-order valence-corrected chi connectivity index (χ3v) is 4.03. The van der Waals surface area contributed by atoms with Gasteiger partial charge in [-0.1, -0.05) is 31.9 Å². The van der Waals surface area contributed by atoms with Gasteiger partial charge < -0.3 is 5.11 Å². The van der Waals surface area contributed by atoms with Gasteiger partial charge in [0.25, 0.3) is 0 Å². The van der Waals surface area contributed by atoms with Gasteiger partial charge in [-0.25, -0.2) is 0 Å². The number of benzene rings is 1. The first-order valence-electron chi connectivity index (χ1n) is 4.33. The van der Waals surface area contributed by atoms with Gasteiger partial charge in [0.05, 0.1) is 0 Å². The standard InChI is InChI=1S/C11H8Br2OS/c12-8-1-2-10(13)9(5-8)11(14)7-3-4-15-6-7/h1-6,11,14H. The van der Waals surface area contributed by atoms with Gasteiger partial charge in [0, 0.05) is 14.5 Å². The highest BCUT2D eigenvalue weighted by molar-refractivity contribution is 9.11. The molecule has 78 valence electrons. The van der Waals surface area contributed by atoms with E-state index in [-0.39, 0.29) is 0 Å². The first-order chi connectivity index (χ1) is 7.18. The molecule has 1 aromatic heterocycles. The second-order valence-corrected chi connectivity index (χ2v) is 5.68. The van der Waals surface area contributed by atoms with Crippen molar-refractivity contribution in [3.63, 3.8) is 0 Å². The molecule has 0 aliphatic heterocycles. The molecule has 0 fully saturated rings. The van der Waals surface area contributed by atoms with Crippen molar-refractivity contribution in [2.24, 2.45) is 0 Å². The summed E-state index contributed by atoms with van der Waals surface area (Å²) in [5, 5.41) is 14.1. The zero-order valence-corrected chi connectivity index (χ0v) is 11.6. The van der Waals surface area contributed by atoms with E-state index in [0.29, 0.717) is 0 Å². The van der Waals surface area contributed by atoms with Crippen LogP contribution in [0.1, 0.15) is 17.2 Å². The lowest BCUT2D eigenvalue weighted by Crippen LogP contribution is -1.98. The molecule has 2 aromatic rings. The molecule has 15 heavy (non-hydrogen) atoms. The Labute approximate surface area is 109 Å². The summed E-state index contributed by atoms with van der Waals surface area (Å²) < 4.78 is 1.89.